The Hall–Kier alpha value is -2.38. The number of nitrogens with one attached hydrogen (secondary N) is 2. The van der Waals surface area contributed by atoms with Gasteiger partial charge < -0.3 is 22.5 Å². The highest BCUT2D eigenvalue weighted by Crippen LogP contribution is 2.38. The lowest BCUT2D eigenvalue weighted by Crippen LogP contribution is -2.49. The third-order valence-electron chi connectivity index (χ3n) is 4.26. The first-order chi connectivity index (χ1) is 13.0. The summed E-state index contributed by atoms with van der Waals surface area (Å²) in [6.45, 7) is 1.36. The number of pyridine rings is 1. The number of benzene rings is 1. The molecule has 27 heavy (non-hydrogen) atoms. The summed E-state index contributed by atoms with van der Waals surface area (Å²) < 4.78 is 12.9. The van der Waals surface area contributed by atoms with E-state index in [4.69, 9.17) is 28.2 Å². The standard InChI is InChI=1S/C15H21N9OS2/c16-12-9(3-4-22-15(12)18)8-1-2-10(27(25)7-5-21-6-7)13(26-20)11(8)14(17)23-24-19/h1-4,7,21,24H,5-6,16,19-20H2,(H2,17,23)(H2,18,22). The molecule has 1 unspecified atom stereocenters. The van der Waals surface area contributed by atoms with Crippen LogP contribution < -0.4 is 39.0 Å². The molecule has 12 heteroatoms. The van der Waals surface area contributed by atoms with E-state index in [9.17, 15) is 4.21 Å². The Labute approximate surface area is 162 Å². The van der Waals surface area contributed by atoms with Crippen molar-refractivity contribution in [3.63, 3.8) is 0 Å². The van der Waals surface area contributed by atoms with E-state index in [2.05, 4.69) is 20.9 Å². The molecular formula is C15H21N9OS2. The number of nitrogens with two attached hydrogens (primary N) is 5. The molecular weight excluding hydrogens is 386 g/mol. The van der Waals surface area contributed by atoms with Gasteiger partial charge in [0.15, 0.2) is 5.84 Å². The van der Waals surface area contributed by atoms with Crippen molar-refractivity contribution >= 4 is 40.1 Å². The molecule has 1 aliphatic heterocycles. The molecule has 10 nitrogen and oxygen atoms in total. The predicted octanol–water partition coefficient (Wildman–Crippen LogP) is -0.958. The fourth-order valence-electron chi connectivity index (χ4n) is 2.76. The summed E-state index contributed by atoms with van der Waals surface area (Å²) in [5.41, 5.74) is 22.3. The molecule has 0 spiro atoms. The number of hydrazone groups is 1. The zero-order valence-corrected chi connectivity index (χ0v) is 15.9. The highest BCUT2D eigenvalue weighted by Gasteiger charge is 2.29. The monoisotopic (exact) mass is 407 g/mol. The van der Waals surface area contributed by atoms with Crippen molar-refractivity contribution in [2.45, 2.75) is 15.0 Å². The van der Waals surface area contributed by atoms with Crippen LogP contribution in [0.3, 0.4) is 0 Å². The van der Waals surface area contributed by atoms with Crippen LogP contribution in [-0.2, 0) is 10.8 Å². The van der Waals surface area contributed by atoms with Gasteiger partial charge in [-0.25, -0.2) is 16.4 Å². The summed E-state index contributed by atoms with van der Waals surface area (Å²) in [6.07, 6.45) is 1.54. The lowest BCUT2D eigenvalue weighted by Gasteiger charge is -2.27. The average molecular weight is 408 g/mol. The minimum atomic E-state index is -1.25. The molecule has 0 amide bonds. The van der Waals surface area contributed by atoms with E-state index in [1.165, 1.54) is 0 Å². The molecule has 1 aromatic heterocycles. The Morgan fingerprint density at radius 1 is 1.30 bits per heavy atom. The number of hydrazine groups is 1. The van der Waals surface area contributed by atoms with Crippen molar-refractivity contribution in [3.05, 3.63) is 30.0 Å². The normalized spacial score (nSPS) is 16.0. The zero-order valence-electron chi connectivity index (χ0n) is 14.3. The van der Waals surface area contributed by atoms with Gasteiger partial charge in [-0.2, -0.15) is 0 Å². The van der Waals surface area contributed by atoms with Crippen LogP contribution in [0.1, 0.15) is 5.56 Å². The molecule has 0 radical (unpaired) electrons. The van der Waals surface area contributed by atoms with Gasteiger partial charge in [-0.1, -0.05) is 6.07 Å². The molecule has 144 valence electrons. The summed E-state index contributed by atoms with van der Waals surface area (Å²) in [7, 11) is -1.25. The second kappa shape index (κ2) is 8.10. The van der Waals surface area contributed by atoms with Gasteiger partial charge >= 0.3 is 0 Å². The average Bonchev–Trinajstić information content (AvgIpc) is 2.61. The molecule has 1 saturated heterocycles. The van der Waals surface area contributed by atoms with Crippen LogP contribution in [0.5, 0.6) is 0 Å². The molecule has 2 aromatic rings. The first kappa shape index (κ1) is 19.4. The first-order valence-electron chi connectivity index (χ1n) is 7.94. The number of anilines is 2. The van der Waals surface area contributed by atoms with Crippen molar-refractivity contribution in [2.75, 3.05) is 24.6 Å². The Morgan fingerprint density at radius 3 is 2.63 bits per heavy atom. The van der Waals surface area contributed by atoms with Crippen LogP contribution in [0.25, 0.3) is 11.1 Å². The van der Waals surface area contributed by atoms with Gasteiger partial charge in [-0.05, 0) is 29.6 Å². The van der Waals surface area contributed by atoms with Crippen molar-refractivity contribution in [3.8, 4) is 11.1 Å². The minimum Gasteiger partial charge on any atom is -0.395 e. The molecule has 0 aliphatic carbocycles. The third-order valence-corrected chi connectivity index (χ3v) is 6.76. The van der Waals surface area contributed by atoms with E-state index in [1.54, 1.807) is 24.4 Å². The van der Waals surface area contributed by atoms with E-state index in [1.807, 2.05) is 0 Å². The molecule has 1 aromatic carbocycles. The van der Waals surface area contributed by atoms with Gasteiger partial charge in [-0.3, -0.25) is 9.35 Å². The van der Waals surface area contributed by atoms with Gasteiger partial charge in [0.1, 0.15) is 5.82 Å². The summed E-state index contributed by atoms with van der Waals surface area (Å²) >= 11 is 0.945. The molecule has 2 heterocycles. The van der Waals surface area contributed by atoms with Crippen molar-refractivity contribution in [1.82, 2.24) is 15.8 Å². The summed E-state index contributed by atoms with van der Waals surface area (Å²) in [5, 5.41) is 12.9. The van der Waals surface area contributed by atoms with Gasteiger partial charge in [0.25, 0.3) is 0 Å². The highest BCUT2D eigenvalue weighted by atomic mass is 32.2. The fourth-order valence-corrected chi connectivity index (χ4v) is 5.05. The van der Waals surface area contributed by atoms with Crippen molar-refractivity contribution < 1.29 is 4.21 Å². The third kappa shape index (κ3) is 3.57. The first-order valence-corrected chi connectivity index (χ1v) is 10.0. The van der Waals surface area contributed by atoms with E-state index < -0.39 is 10.8 Å². The van der Waals surface area contributed by atoms with Crippen LogP contribution >= 0.6 is 11.9 Å². The number of nitrogens with zero attached hydrogens (tertiary/aromatic N) is 2. The minimum absolute atomic E-state index is 0.0158. The van der Waals surface area contributed by atoms with E-state index in [-0.39, 0.29) is 16.9 Å². The van der Waals surface area contributed by atoms with Crippen LogP contribution in [0.4, 0.5) is 11.5 Å². The second-order valence-electron chi connectivity index (χ2n) is 5.79. The van der Waals surface area contributed by atoms with Crippen LogP contribution in [-0.4, -0.2) is 33.4 Å². The maximum Gasteiger partial charge on any atom is 0.153 e. The number of aromatic nitrogens is 1. The van der Waals surface area contributed by atoms with Crippen LogP contribution in [0.2, 0.25) is 0 Å². The number of amidine groups is 1. The quantitative estimate of drug-likeness (QED) is 0.103. The SMILES string of the molecule is NN/N=C(\N)c1c(-c2ccnc(N)c2N)ccc(S(=O)C2CNC2)c1SN. The van der Waals surface area contributed by atoms with E-state index in [0.717, 1.165) is 11.9 Å². The number of hydrogen-bond acceptors (Lipinski definition) is 10. The zero-order chi connectivity index (χ0) is 19.6. The molecule has 0 saturated carbocycles. The van der Waals surface area contributed by atoms with Crippen LogP contribution in [0, 0.1) is 0 Å². The molecule has 12 N–H and O–H groups in total. The van der Waals surface area contributed by atoms with Crippen LogP contribution in [0.15, 0.2) is 39.3 Å². The molecule has 1 fully saturated rings. The van der Waals surface area contributed by atoms with Crippen molar-refractivity contribution in [2.24, 2.45) is 21.8 Å². The van der Waals surface area contributed by atoms with Gasteiger partial charge in [0.05, 0.1) is 31.5 Å². The summed E-state index contributed by atoms with van der Waals surface area (Å²) in [4.78, 5) is 5.11. The number of hydrogen-bond donors (Lipinski definition) is 7. The smallest absolute Gasteiger partial charge is 0.153 e. The van der Waals surface area contributed by atoms with E-state index in [0.29, 0.717) is 45.3 Å². The van der Waals surface area contributed by atoms with Gasteiger partial charge in [0, 0.05) is 30.4 Å². The lowest BCUT2D eigenvalue weighted by atomic mass is 9.98. The lowest BCUT2D eigenvalue weighted by molar-refractivity contribution is 0.525. The number of nitrogen functional groups attached to an aromatic ring is 2. The molecule has 1 atom stereocenters. The second-order valence-corrected chi connectivity index (χ2v) is 8.14. The van der Waals surface area contributed by atoms with E-state index >= 15 is 0 Å². The fraction of sp³-hybridized carbons (Fsp3) is 0.200. The van der Waals surface area contributed by atoms with Gasteiger partial charge in [0.2, 0.25) is 0 Å². The largest absolute Gasteiger partial charge is 0.395 e. The molecule has 1 aliphatic rings. The summed E-state index contributed by atoms with van der Waals surface area (Å²) in [6, 6.07) is 5.26. The molecule has 0 bridgehead atoms. The molecule has 3 rings (SSSR count). The number of rotatable bonds is 6. The predicted molar refractivity (Wildman–Crippen MR) is 110 cm³/mol. The maximum absolute atomic E-state index is 12.9. The Balaban J connectivity index is 2.26. The Bertz CT molecular complexity index is 914. The van der Waals surface area contributed by atoms with Crippen molar-refractivity contribution in [1.29, 1.82) is 0 Å². The Kier molecular flexibility index (Phi) is 5.82. The van der Waals surface area contributed by atoms with Gasteiger partial charge in [-0.15, -0.1) is 5.10 Å². The highest BCUT2D eigenvalue weighted by molar-refractivity contribution is 7.98. The maximum atomic E-state index is 12.9. The Morgan fingerprint density at radius 2 is 2.04 bits per heavy atom. The topological polar surface area (TPSA) is 196 Å². The summed E-state index contributed by atoms with van der Waals surface area (Å²) in [5.74, 6) is 5.58.